The molecule has 0 aliphatic carbocycles. The minimum atomic E-state index is -8.55. The van der Waals surface area contributed by atoms with Crippen molar-refractivity contribution in [3.8, 4) is 0 Å². The minimum absolute atomic E-state index is 0. The largest absolute Gasteiger partial charge is 1.00 e. The topological polar surface area (TPSA) is 300 Å². The number of rotatable bonds is 75. The monoisotopic (exact) mass is 2490 g/mol. The molecule has 0 aliphatic rings. The van der Waals surface area contributed by atoms with Crippen molar-refractivity contribution in [3.63, 3.8) is 0 Å². The van der Waals surface area contributed by atoms with Gasteiger partial charge in [0.1, 0.15) is 0 Å². The van der Waals surface area contributed by atoms with Crippen LogP contribution in [0, 0.1) is 0 Å². The molecule has 0 fully saturated rings. The summed E-state index contributed by atoms with van der Waals surface area (Å²) in [6.45, 7) is 59.0. The maximum absolute atomic E-state index is 9.84. The Morgan fingerprint density at radius 2 is 0.362 bits per heavy atom. The molecule has 0 amide bonds. The summed E-state index contributed by atoms with van der Waals surface area (Å²) in [5.41, 5.74) is 0. The molecule has 8 N–H and O–H groups in total. The Morgan fingerprint density at radius 1 is 0.228 bits per heavy atom. The summed E-state index contributed by atoms with van der Waals surface area (Å²) in [5.74, 6) is 0. The quantitative estimate of drug-likeness (QED) is 0.00926. The Morgan fingerprint density at radius 3 is 0.496 bits per heavy atom. The van der Waals surface area contributed by atoms with E-state index in [-0.39, 0.29) is 170 Å². The Balaban J connectivity index is -0.000000112. The van der Waals surface area contributed by atoms with E-state index in [4.69, 9.17) is 91.9 Å². The van der Waals surface area contributed by atoms with Gasteiger partial charge in [0.2, 0.25) is 0 Å². The first-order chi connectivity index (χ1) is 56.9. The molecule has 0 aromatic carbocycles. The van der Waals surface area contributed by atoms with Gasteiger partial charge in [0, 0.05) is 267 Å². The molecular weight excluding hydrogens is 2300 g/mol. The molecule has 29 nitrogen and oxygen atoms in total. The molecule has 0 rings (SSSR count). The van der Waals surface area contributed by atoms with E-state index in [0.717, 1.165) is 221 Å². The van der Waals surface area contributed by atoms with Gasteiger partial charge in [-0.05, 0) is 111 Å². The van der Waals surface area contributed by atoms with Crippen LogP contribution in [0.1, 0.15) is 194 Å². The fraction of sp³-hybridized carbons (Fsp3) is 1.00. The number of hydrogen-bond acceptors (Lipinski definition) is 23. The van der Waals surface area contributed by atoms with Gasteiger partial charge >= 0.3 is 73.2 Å². The van der Waals surface area contributed by atoms with Gasteiger partial charge in [0.15, 0.2) is 0 Å². The zero-order valence-electron chi connectivity index (χ0n) is 84.4. The minimum Gasteiger partial charge on any atom is -1.00 e. The van der Waals surface area contributed by atoms with Crippen molar-refractivity contribution in [2.75, 3.05) is 314 Å². The summed E-state index contributed by atoms with van der Waals surface area (Å²) < 4.78 is 142. The van der Waals surface area contributed by atoms with E-state index in [1.54, 1.807) is 21.3 Å². The first kappa shape index (κ1) is 158. The molecule has 0 heterocycles. The first-order valence-corrected chi connectivity index (χ1v) is 57.1. The molecule has 0 radical (unpaired) electrons. The van der Waals surface area contributed by atoms with Gasteiger partial charge in [-0.25, -0.2) is 0 Å². The van der Waals surface area contributed by atoms with Crippen molar-refractivity contribution >= 4 is 52.2 Å². The van der Waals surface area contributed by atoms with Crippen LogP contribution in [0.25, 0.3) is 0 Å². The number of quaternary nitrogens is 6. The number of nitrogens with zero attached hydrogens (tertiary/aromatic N) is 6. The van der Waals surface area contributed by atoms with Crippen LogP contribution in [0.3, 0.4) is 0 Å². The summed E-state index contributed by atoms with van der Waals surface area (Å²) in [6, 6.07) is 4.23. The van der Waals surface area contributed by atoms with Crippen molar-refractivity contribution in [1.29, 1.82) is 0 Å². The van der Waals surface area contributed by atoms with E-state index in [0.29, 0.717) is 79.3 Å². The number of aliphatic hydroxyl groups is 8. The standard InChI is InChI=1S/C20H48NO6Si2.C18H42NO6Si.C14H34NO4Si.C12H28NO4.C9H24NO3Si.C8H20N.BrH.F5P.FH.4HI/c1-9-22-28(23-10-2,24-11-3)19-15-17-21(7,8)18-16-20-29(25-12-4,26-13-5)27-14-6;1-4-23-26(24-5-2,25-6-3)18-10-14-19(11-7-15-20,12-8-16-21)13-9-17-22;1-6-17-20(18-7-2,19-8-3)14-10-12-15(4,5)11-9-13-16;14-9-1-5-13(6-2-10-15,7-3-11-16)8-4-12-17;1-10(2,3)8-7-9-14(11-4,12-5)13-6;1-5-9(6-2,7-3)8-4;;1-6(2,3,4)5;;;;;/h9-20H2,1-8H3;20-22H,4-18H2,1-3H3;16H,6-14H2,1-5H3;14-17H,1-12H2;7-9H2,1-6H3;5-8H2,1-4H3;1H;;5*1H/q6*+1;;;;;;;/p-6. The second-order valence-electron chi connectivity index (χ2n) is 31.9. The molecule has 0 aromatic heterocycles. The van der Waals surface area contributed by atoms with Gasteiger partial charge < -0.3 is 252 Å². The maximum Gasteiger partial charge on any atom is 0.0808 e. The number of hydrogen-bond donors (Lipinski definition) is 8. The average Bonchev–Trinajstić information content (AvgIpc) is 0.855. The van der Waals surface area contributed by atoms with E-state index >= 15 is 0 Å². The Kier molecular flexibility index (Phi) is 119. The second-order valence-corrected chi connectivity index (χ2v) is 47.2. The van der Waals surface area contributed by atoms with Gasteiger partial charge in [-0.3, -0.25) is 0 Å². The van der Waals surface area contributed by atoms with Crippen molar-refractivity contribution in [2.45, 2.75) is 224 Å². The third-order valence-corrected chi connectivity index (χ3v) is 36.0. The zero-order valence-corrected chi connectivity index (χ0v) is 100. The van der Waals surface area contributed by atoms with Gasteiger partial charge in [0.05, 0.1) is 161 Å². The van der Waals surface area contributed by atoms with Gasteiger partial charge in [-0.2, -0.15) is 0 Å². The predicted octanol–water partition coefficient (Wildman–Crippen LogP) is -5.62. The first-order valence-electron chi connectivity index (χ1n) is 45.7. The van der Waals surface area contributed by atoms with Crippen molar-refractivity contribution < 1.29 is 273 Å². The summed E-state index contributed by atoms with van der Waals surface area (Å²) in [7, 11) is -0.672. The van der Waals surface area contributed by atoms with Gasteiger partial charge in [-0.1, -0.05) is 0 Å². The van der Waals surface area contributed by atoms with E-state index in [1.807, 2.05) is 83.1 Å². The smallest absolute Gasteiger partial charge is 0.0808 e. The molecule has 0 aromatic rings. The Hall–Kier alpha value is 3.33. The van der Waals surface area contributed by atoms with Crippen LogP contribution in [-0.2, 0) is 66.4 Å². The van der Waals surface area contributed by atoms with Gasteiger partial charge in [-0.15, -0.1) is 0 Å². The van der Waals surface area contributed by atoms with E-state index < -0.39 is 52.2 Å². The molecule has 0 spiro atoms. The van der Waals surface area contributed by atoms with Crippen LogP contribution >= 0.6 is 8.16 Å². The molecule has 0 saturated heterocycles. The van der Waals surface area contributed by atoms with Crippen molar-refractivity contribution in [1.82, 2.24) is 0 Å². The van der Waals surface area contributed by atoms with Gasteiger partial charge in [0.25, 0.3) is 0 Å². The Bertz CT molecular complexity index is 2060. The summed E-state index contributed by atoms with van der Waals surface area (Å²) in [5, 5.41) is 72.6. The third kappa shape index (κ3) is 90.4. The molecule has 46 heteroatoms. The average molecular weight is 2500 g/mol. The zero-order chi connectivity index (χ0) is 94.4. The van der Waals surface area contributed by atoms with Crippen molar-refractivity contribution in [3.05, 3.63) is 0 Å². The summed E-state index contributed by atoms with van der Waals surface area (Å²) in [4.78, 5) is 0. The van der Waals surface area contributed by atoms with Crippen LogP contribution < -0.4 is 118 Å². The van der Waals surface area contributed by atoms with Crippen LogP contribution in [0.4, 0.5) is 21.0 Å². The van der Waals surface area contributed by atoms with E-state index in [2.05, 4.69) is 77.0 Å². The Labute approximate surface area is 856 Å². The normalized spacial score (nSPS) is 12.5. The molecular formula is C81H196BrF6I4N6O23PSi5. The number of aliphatic hydroxyl groups excluding tert-OH is 8. The third-order valence-electron chi connectivity index (χ3n) is 20.6. The predicted molar refractivity (Wildman–Crippen MR) is 491 cm³/mol. The second kappa shape index (κ2) is 95.5. The van der Waals surface area contributed by atoms with Crippen molar-refractivity contribution in [2.24, 2.45) is 0 Å². The molecule has 0 unspecified atom stereocenters. The van der Waals surface area contributed by atoms with E-state index in [1.165, 1.54) is 30.7 Å². The van der Waals surface area contributed by atoms with Crippen LogP contribution in [-0.4, -0.2) is 426 Å². The molecule has 0 aliphatic heterocycles. The van der Waals surface area contributed by atoms with Crippen LogP contribution in [0.15, 0.2) is 0 Å². The van der Waals surface area contributed by atoms with E-state index in [9.17, 15) is 36.3 Å². The SMILES string of the molecule is CCO[Si](CCC[N+](C)(C)CCCO)(OCC)OCC.CCO[Si](CCC[N+](C)(C)CCC[Si](OCC)(OCC)OCC)(OCC)OCC.CCO[Si](CCC[N+](CCCO)(CCCO)CCCO)(OCC)OCC.CC[N+](CC)(CC)CC.CO[Si](CCC[N+](C)(C)C)(OC)OC.FP(F)(F)(F)F.OCCC[N+](CCCO)(CCCO)CCCO.[Br-].[F-].[I-].[I-].[I-].[I-]. The van der Waals surface area contributed by atoms with Crippen LogP contribution in [0.2, 0.25) is 30.2 Å². The molecule has 0 atom stereocenters. The molecule has 0 bridgehead atoms. The summed E-state index contributed by atoms with van der Waals surface area (Å²) >= 11 is 0. The fourth-order valence-electron chi connectivity index (χ4n) is 14.4. The molecule has 790 valence electrons. The fourth-order valence-corrected chi connectivity index (χ4v) is 26.5. The van der Waals surface area contributed by atoms with Crippen LogP contribution in [0.5, 0.6) is 0 Å². The number of halogens is 11. The molecule has 127 heavy (non-hydrogen) atoms. The maximum atomic E-state index is 9.84. The summed E-state index contributed by atoms with van der Waals surface area (Å²) in [6.07, 6.45) is 10.9. The molecule has 0 saturated carbocycles.